The number of aromatic carboxylic acids is 1. The number of rotatable bonds is 4. The quantitative estimate of drug-likeness (QED) is 0.926. The fourth-order valence-corrected chi connectivity index (χ4v) is 1.91. The van der Waals surface area contributed by atoms with Crippen molar-refractivity contribution >= 4 is 5.97 Å². The van der Waals surface area contributed by atoms with Crippen molar-refractivity contribution < 1.29 is 9.90 Å². The van der Waals surface area contributed by atoms with Crippen LogP contribution in [0.15, 0.2) is 41.2 Å². The van der Waals surface area contributed by atoms with Gasteiger partial charge in [-0.15, -0.1) is 0 Å². The summed E-state index contributed by atoms with van der Waals surface area (Å²) in [7, 11) is 0. The Hall–Kier alpha value is -2.43. The third-order valence-electron chi connectivity index (χ3n) is 2.81. The highest BCUT2D eigenvalue weighted by atomic mass is 16.4. The standard InChI is InChI=1S/C15H16N2O3/c1-10(2)9-17-14(18)12(15(19)20)8-13(16-17)11-6-4-3-5-7-11/h3-8,10H,9H2,1-2H3,(H,19,20). The minimum absolute atomic E-state index is 0.202. The molecule has 0 unspecified atom stereocenters. The molecule has 5 heteroatoms. The van der Waals surface area contributed by atoms with Gasteiger partial charge in [0.1, 0.15) is 5.56 Å². The molecule has 0 fully saturated rings. The molecule has 0 bridgehead atoms. The summed E-state index contributed by atoms with van der Waals surface area (Å²) in [5, 5.41) is 13.4. The number of aromatic nitrogens is 2. The molecule has 0 atom stereocenters. The van der Waals surface area contributed by atoms with Gasteiger partial charge in [-0.25, -0.2) is 9.48 Å². The number of carbonyl (C=O) groups is 1. The third kappa shape index (κ3) is 2.93. The second-order valence-corrected chi connectivity index (χ2v) is 5.00. The highest BCUT2D eigenvalue weighted by Gasteiger charge is 2.15. The van der Waals surface area contributed by atoms with E-state index in [2.05, 4.69) is 5.10 Å². The highest BCUT2D eigenvalue weighted by Crippen LogP contribution is 2.16. The molecule has 0 amide bonds. The molecule has 104 valence electrons. The van der Waals surface area contributed by atoms with Gasteiger partial charge in [0, 0.05) is 12.1 Å². The molecule has 5 nitrogen and oxygen atoms in total. The molecule has 1 aromatic carbocycles. The lowest BCUT2D eigenvalue weighted by Gasteiger charge is -2.11. The summed E-state index contributed by atoms with van der Waals surface area (Å²) in [5.74, 6) is -1.03. The van der Waals surface area contributed by atoms with E-state index < -0.39 is 11.5 Å². The van der Waals surface area contributed by atoms with Crippen LogP contribution < -0.4 is 5.56 Å². The Morgan fingerprint density at radius 3 is 2.50 bits per heavy atom. The summed E-state index contributed by atoms with van der Waals surface area (Å²) in [6.07, 6.45) is 0. The lowest BCUT2D eigenvalue weighted by Crippen LogP contribution is -2.30. The summed E-state index contributed by atoms with van der Waals surface area (Å²) >= 11 is 0. The average molecular weight is 272 g/mol. The maximum absolute atomic E-state index is 12.0. The van der Waals surface area contributed by atoms with E-state index in [0.717, 1.165) is 5.56 Å². The molecule has 0 aliphatic rings. The molecule has 0 saturated heterocycles. The summed E-state index contributed by atoms with van der Waals surface area (Å²) in [5.41, 5.74) is 0.459. The molecule has 0 aliphatic carbocycles. The summed E-state index contributed by atoms with van der Waals surface area (Å²) in [6, 6.07) is 10.5. The van der Waals surface area contributed by atoms with E-state index in [1.807, 2.05) is 44.2 Å². The van der Waals surface area contributed by atoms with Gasteiger partial charge in [-0.2, -0.15) is 5.10 Å². The minimum atomic E-state index is -1.23. The van der Waals surface area contributed by atoms with Crippen LogP contribution in [0.1, 0.15) is 24.2 Å². The summed E-state index contributed by atoms with van der Waals surface area (Å²) in [6.45, 7) is 4.29. The van der Waals surface area contributed by atoms with Crippen molar-refractivity contribution in [1.29, 1.82) is 0 Å². The van der Waals surface area contributed by atoms with Crippen molar-refractivity contribution in [2.75, 3.05) is 0 Å². The van der Waals surface area contributed by atoms with Crippen LogP contribution in [-0.4, -0.2) is 20.9 Å². The maximum atomic E-state index is 12.0. The predicted molar refractivity (Wildman–Crippen MR) is 75.7 cm³/mol. The fourth-order valence-electron chi connectivity index (χ4n) is 1.91. The number of hydrogen-bond donors (Lipinski definition) is 1. The van der Waals surface area contributed by atoms with Gasteiger partial charge in [0.05, 0.1) is 5.69 Å². The molecule has 1 N–H and O–H groups in total. The minimum Gasteiger partial charge on any atom is -0.477 e. The van der Waals surface area contributed by atoms with E-state index in [1.165, 1.54) is 10.7 Å². The number of carboxylic acids is 1. The smallest absolute Gasteiger partial charge is 0.341 e. The molecule has 1 heterocycles. The summed E-state index contributed by atoms with van der Waals surface area (Å²) < 4.78 is 1.23. The van der Waals surface area contributed by atoms with Crippen molar-refractivity contribution in [2.24, 2.45) is 5.92 Å². The Bertz CT molecular complexity index is 675. The first-order valence-electron chi connectivity index (χ1n) is 6.40. The Morgan fingerprint density at radius 2 is 1.95 bits per heavy atom. The highest BCUT2D eigenvalue weighted by molar-refractivity contribution is 5.88. The van der Waals surface area contributed by atoms with Crippen LogP contribution in [0, 0.1) is 5.92 Å². The fraction of sp³-hybridized carbons (Fsp3) is 0.267. The van der Waals surface area contributed by atoms with E-state index in [9.17, 15) is 9.59 Å². The molecule has 1 aromatic heterocycles. The molecular formula is C15H16N2O3. The van der Waals surface area contributed by atoms with E-state index in [-0.39, 0.29) is 11.5 Å². The Labute approximate surface area is 116 Å². The Morgan fingerprint density at radius 1 is 1.30 bits per heavy atom. The maximum Gasteiger partial charge on any atom is 0.341 e. The van der Waals surface area contributed by atoms with Crippen molar-refractivity contribution in [3.8, 4) is 11.3 Å². The third-order valence-corrected chi connectivity index (χ3v) is 2.81. The van der Waals surface area contributed by atoms with Gasteiger partial charge in [0.15, 0.2) is 0 Å². The first-order chi connectivity index (χ1) is 9.49. The number of carboxylic acid groups (broad SMARTS) is 1. The first-order valence-corrected chi connectivity index (χ1v) is 6.40. The molecule has 20 heavy (non-hydrogen) atoms. The zero-order chi connectivity index (χ0) is 14.7. The molecule has 0 saturated carbocycles. The zero-order valence-electron chi connectivity index (χ0n) is 11.4. The Balaban J connectivity index is 2.62. The van der Waals surface area contributed by atoms with Crippen molar-refractivity contribution in [2.45, 2.75) is 20.4 Å². The van der Waals surface area contributed by atoms with Gasteiger partial charge in [-0.05, 0) is 12.0 Å². The number of benzene rings is 1. The lowest BCUT2D eigenvalue weighted by molar-refractivity contribution is 0.0693. The average Bonchev–Trinajstić information content (AvgIpc) is 2.41. The zero-order valence-corrected chi connectivity index (χ0v) is 11.4. The van der Waals surface area contributed by atoms with Crippen LogP contribution in [0.5, 0.6) is 0 Å². The van der Waals surface area contributed by atoms with Gasteiger partial charge in [-0.1, -0.05) is 44.2 Å². The second-order valence-electron chi connectivity index (χ2n) is 5.00. The predicted octanol–water partition coefficient (Wildman–Crippen LogP) is 2.26. The molecule has 0 spiro atoms. The molecule has 0 radical (unpaired) electrons. The van der Waals surface area contributed by atoms with E-state index >= 15 is 0 Å². The molecular weight excluding hydrogens is 256 g/mol. The lowest BCUT2D eigenvalue weighted by atomic mass is 10.1. The van der Waals surface area contributed by atoms with Crippen molar-refractivity contribution in [3.63, 3.8) is 0 Å². The SMILES string of the molecule is CC(C)Cn1nc(-c2ccccc2)cc(C(=O)O)c1=O. The van der Waals surface area contributed by atoms with Crippen LogP contribution in [0.2, 0.25) is 0 Å². The first kappa shape index (κ1) is 14.0. The molecule has 0 aliphatic heterocycles. The molecule has 2 rings (SSSR count). The Kier molecular flexibility index (Phi) is 3.98. The van der Waals surface area contributed by atoms with E-state index in [1.54, 1.807) is 0 Å². The van der Waals surface area contributed by atoms with Gasteiger partial charge < -0.3 is 5.11 Å². The summed E-state index contributed by atoms with van der Waals surface area (Å²) in [4.78, 5) is 23.3. The normalized spacial score (nSPS) is 10.8. The largest absolute Gasteiger partial charge is 0.477 e. The monoisotopic (exact) mass is 272 g/mol. The van der Waals surface area contributed by atoms with Gasteiger partial charge in [-0.3, -0.25) is 4.79 Å². The van der Waals surface area contributed by atoms with Crippen molar-refractivity contribution in [3.05, 3.63) is 52.3 Å². The topological polar surface area (TPSA) is 72.2 Å². The second kappa shape index (κ2) is 5.69. The van der Waals surface area contributed by atoms with Crippen molar-refractivity contribution in [1.82, 2.24) is 9.78 Å². The van der Waals surface area contributed by atoms with Gasteiger partial charge in [0.25, 0.3) is 5.56 Å². The van der Waals surface area contributed by atoms with Gasteiger partial charge in [0.2, 0.25) is 0 Å². The van der Waals surface area contributed by atoms with E-state index in [0.29, 0.717) is 12.2 Å². The van der Waals surface area contributed by atoms with E-state index in [4.69, 9.17) is 5.11 Å². The van der Waals surface area contributed by atoms with Crippen LogP contribution >= 0.6 is 0 Å². The van der Waals surface area contributed by atoms with Crippen LogP contribution in [-0.2, 0) is 6.54 Å². The number of hydrogen-bond acceptors (Lipinski definition) is 3. The van der Waals surface area contributed by atoms with Crippen LogP contribution in [0.3, 0.4) is 0 Å². The van der Waals surface area contributed by atoms with Gasteiger partial charge >= 0.3 is 5.97 Å². The molecule has 2 aromatic rings. The van der Waals surface area contributed by atoms with Crippen LogP contribution in [0.4, 0.5) is 0 Å². The van der Waals surface area contributed by atoms with Crippen LogP contribution in [0.25, 0.3) is 11.3 Å². The number of nitrogens with zero attached hydrogens (tertiary/aromatic N) is 2.